The van der Waals surface area contributed by atoms with Crippen LogP contribution in [0.4, 0.5) is 23.7 Å². The van der Waals surface area contributed by atoms with E-state index in [1.54, 1.807) is 45.0 Å². The predicted molar refractivity (Wildman–Crippen MR) is 87.3 cm³/mol. The number of alkyl halides is 3. The summed E-state index contributed by atoms with van der Waals surface area (Å²) in [4.78, 5) is 12.7. The van der Waals surface area contributed by atoms with Crippen LogP contribution in [-0.4, -0.2) is 17.2 Å². The number of hydrogen-bond donors (Lipinski definition) is 1. The maximum absolute atomic E-state index is 13.0. The maximum Gasteiger partial charge on any atom is 0.416 e. The molecule has 0 heterocycles. The van der Waals surface area contributed by atoms with Gasteiger partial charge in [-0.2, -0.15) is 13.2 Å². The molecule has 0 bridgehead atoms. The third kappa shape index (κ3) is 3.69. The van der Waals surface area contributed by atoms with E-state index in [0.29, 0.717) is 16.8 Å². The van der Waals surface area contributed by atoms with Crippen LogP contribution in [0.25, 0.3) is 11.1 Å². The van der Waals surface area contributed by atoms with Crippen molar-refractivity contribution in [2.45, 2.75) is 33.0 Å². The van der Waals surface area contributed by atoms with Crippen LogP contribution < -0.4 is 4.90 Å². The van der Waals surface area contributed by atoms with Gasteiger partial charge < -0.3 is 5.11 Å². The van der Waals surface area contributed by atoms with E-state index in [1.807, 2.05) is 0 Å². The molecule has 128 valence electrons. The Balaban J connectivity index is 2.66. The number of carboxylic acid groups (broad SMARTS) is 1. The van der Waals surface area contributed by atoms with E-state index in [0.717, 1.165) is 22.6 Å². The number of hydrogen-bond acceptors (Lipinski definition) is 1. The van der Waals surface area contributed by atoms with Crippen LogP contribution >= 0.6 is 0 Å². The van der Waals surface area contributed by atoms with Crippen molar-refractivity contribution in [3.8, 4) is 11.1 Å². The van der Waals surface area contributed by atoms with Crippen molar-refractivity contribution >= 4 is 11.8 Å². The molecule has 2 aromatic carbocycles. The molecular formula is C18H18F3NO2. The lowest BCUT2D eigenvalue weighted by atomic mass is 9.98. The fraction of sp³-hybridized carbons (Fsp3) is 0.278. The number of rotatable bonds is 3. The molecule has 0 unspecified atom stereocenters. The van der Waals surface area contributed by atoms with Gasteiger partial charge in [0.2, 0.25) is 0 Å². The normalized spacial score (nSPS) is 11.6. The topological polar surface area (TPSA) is 40.5 Å². The van der Waals surface area contributed by atoms with E-state index in [1.165, 1.54) is 6.07 Å². The van der Waals surface area contributed by atoms with Crippen molar-refractivity contribution in [3.63, 3.8) is 0 Å². The number of carbonyl (C=O) groups is 1. The Labute approximate surface area is 138 Å². The van der Waals surface area contributed by atoms with Gasteiger partial charge in [-0.05, 0) is 50.6 Å². The molecule has 2 rings (SSSR count). The first-order valence-corrected chi connectivity index (χ1v) is 7.41. The molecule has 0 aliphatic rings. The van der Waals surface area contributed by atoms with E-state index >= 15 is 0 Å². The molecule has 1 amide bonds. The van der Waals surface area contributed by atoms with Gasteiger partial charge in [-0.25, -0.2) is 4.79 Å². The van der Waals surface area contributed by atoms with E-state index in [-0.39, 0.29) is 6.04 Å². The van der Waals surface area contributed by atoms with Crippen LogP contribution in [0.1, 0.15) is 25.0 Å². The molecule has 0 aliphatic carbocycles. The van der Waals surface area contributed by atoms with Crippen LogP contribution in [0, 0.1) is 6.92 Å². The van der Waals surface area contributed by atoms with Gasteiger partial charge in [0, 0.05) is 11.6 Å². The number of halogens is 3. The van der Waals surface area contributed by atoms with Gasteiger partial charge in [0.1, 0.15) is 0 Å². The second-order valence-electron chi connectivity index (χ2n) is 5.85. The molecule has 3 nitrogen and oxygen atoms in total. The van der Waals surface area contributed by atoms with Crippen LogP contribution in [0.3, 0.4) is 0 Å². The lowest BCUT2D eigenvalue weighted by Gasteiger charge is -2.26. The van der Waals surface area contributed by atoms with Crippen molar-refractivity contribution in [2.75, 3.05) is 4.90 Å². The van der Waals surface area contributed by atoms with Crippen LogP contribution in [-0.2, 0) is 6.18 Å². The third-order valence-electron chi connectivity index (χ3n) is 3.63. The first kappa shape index (κ1) is 17.8. The molecule has 2 aromatic rings. The van der Waals surface area contributed by atoms with Crippen LogP contribution in [0.15, 0.2) is 42.5 Å². The zero-order chi connectivity index (χ0) is 18.1. The Morgan fingerprint density at radius 2 is 1.79 bits per heavy atom. The lowest BCUT2D eigenvalue weighted by molar-refractivity contribution is -0.137. The van der Waals surface area contributed by atoms with Crippen molar-refractivity contribution in [3.05, 3.63) is 53.6 Å². The summed E-state index contributed by atoms with van der Waals surface area (Å²) in [6, 6.07) is 9.62. The van der Waals surface area contributed by atoms with Gasteiger partial charge in [0.25, 0.3) is 0 Å². The molecule has 0 fully saturated rings. The van der Waals surface area contributed by atoms with Crippen molar-refractivity contribution in [2.24, 2.45) is 0 Å². The summed E-state index contributed by atoms with van der Waals surface area (Å²) >= 11 is 0. The molecule has 0 aliphatic heterocycles. The number of benzene rings is 2. The van der Waals surface area contributed by atoms with Gasteiger partial charge in [-0.1, -0.05) is 23.8 Å². The Morgan fingerprint density at radius 1 is 1.12 bits per heavy atom. The summed E-state index contributed by atoms with van der Waals surface area (Å²) < 4.78 is 38.9. The summed E-state index contributed by atoms with van der Waals surface area (Å²) in [6.07, 6.45) is -5.60. The molecule has 1 N–H and O–H groups in total. The molecule has 0 saturated heterocycles. The zero-order valence-electron chi connectivity index (χ0n) is 13.6. The second-order valence-corrected chi connectivity index (χ2v) is 5.85. The monoisotopic (exact) mass is 337 g/mol. The molecule has 0 radical (unpaired) electrons. The Kier molecular flexibility index (Phi) is 4.87. The first-order valence-electron chi connectivity index (χ1n) is 7.41. The van der Waals surface area contributed by atoms with Crippen molar-refractivity contribution in [1.29, 1.82) is 0 Å². The molecular weight excluding hydrogens is 319 g/mol. The number of anilines is 1. The number of nitrogens with zero attached hydrogens (tertiary/aromatic N) is 1. The maximum atomic E-state index is 13.0. The van der Waals surface area contributed by atoms with Gasteiger partial charge in [0.05, 0.1) is 11.3 Å². The van der Waals surface area contributed by atoms with Gasteiger partial charge in [-0.3, -0.25) is 4.90 Å². The highest BCUT2D eigenvalue weighted by Gasteiger charge is 2.31. The summed E-state index contributed by atoms with van der Waals surface area (Å²) in [5, 5.41) is 9.47. The summed E-state index contributed by atoms with van der Waals surface area (Å²) in [6.45, 7) is 5.23. The highest BCUT2D eigenvalue weighted by Crippen LogP contribution is 2.36. The minimum absolute atomic E-state index is 0.329. The van der Waals surface area contributed by atoms with Crippen molar-refractivity contribution < 1.29 is 23.1 Å². The van der Waals surface area contributed by atoms with Gasteiger partial charge in [-0.15, -0.1) is 0 Å². The molecule has 0 aromatic heterocycles. The Hall–Kier alpha value is -2.50. The average molecular weight is 337 g/mol. The Morgan fingerprint density at radius 3 is 2.33 bits per heavy atom. The van der Waals surface area contributed by atoms with E-state index in [4.69, 9.17) is 0 Å². The van der Waals surface area contributed by atoms with Gasteiger partial charge in [0.15, 0.2) is 0 Å². The first-order chi connectivity index (χ1) is 11.1. The average Bonchev–Trinajstić information content (AvgIpc) is 2.47. The van der Waals surface area contributed by atoms with Crippen LogP contribution in [0.5, 0.6) is 0 Å². The molecule has 0 saturated carbocycles. The van der Waals surface area contributed by atoms with E-state index < -0.39 is 17.8 Å². The molecule has 0 spiro atoms. The summed E-state index contributed by atoms with van der Waals surface area (Å²) in [5.74, 6) is 0. The molecule has 24 heavy (non-hydrogen) atoms. The highest BCUT2D eigenvalue weighted by atomic mass is 19.4. The summed E-state index contributed by atoms with van der Waals surface area (Å²) in [5.41, 5.74) is 1.22. The van der Waals surface area contributed by atoms with E-state index in [9.17, 15) is 23.1 Å². The number of aryl methyl sites for hydroxylation is 1. The van der Waals surface area contributed by atoms with E-state index in [2.05, 4.69) is 0 Å². The molecule has 0 atom stereocenters. The smallest absolute Gasteiger partial charge is 0.416 e. The zero-order valence-corrected chi connectivity index (χ0v) is 13.6. The van der Waals surface area contributed by atoms with Crippen molar-refractivity contribution in [1.82, 2.24) is 0 Å². The quantitative estimate of drug-likeness (QED) is 0.795. The summed E-state index contributed by atoms with van der Waals surface area (Å²) in [7, 11) is 0. The SMILES string of the molecule is Cc1ccc(N(C(=O)O)C(C)C)c(-c2cccc(C(F)(F)F)c2)c1. The fourth-order valence-electron chi connectivity index (χ4n) is 2.56. The predicted octanol–water partition coefficient (Wildman–Crippen LogP) is 5.57. The second kappa shape index (κ2) is 6.55. The van der Waals surface area contributed by atoms with Crippen LogP contribution in [0.2, 0.25) is 0 Å². The van der Waals surface area contributed by atoms with Gasteiger partial charge >= 0.3 is 12.3 Å². The largest absolute Gasteiger partial charge is 0.465 e. The highest BCUT2D eigenvalue weighted by molar-refractivity contribution is 5.93. The minimum Gasteiger partial charge on any atom is -0.465 e. The molecule has 6 heteroatoms. The Bertz CT molecular complexity index is 754. The third-order valence-corrected chi connectivity index (χ3v) is 3.63. The number of amides is 1. The lowest BCUT2D eigenvalue weighted by Crippen LogP contribution is -2.36. The standard InChI is InChI=1S/C18H18F3NO2/c1-11(2)22(17(23)24)16-8-7-12(3)9-15(16)13-5-4-6-14(10-13)18(19,20)21/h4-11H,1-3H3,(H,23,24). The minimum atomic E-state index is -4.45. The fourth-order valence-corrected chi connectivity index (χ4v) is 2.56.